The van der Waals surface area contributed by atoms with Gasteiger partial charge in [0.05, 0.1) is 6.10 Å². The number of hydrogen-bond donors (Lipinski definition) is 1. The van der Waals surface area contributed by atoms with Crippen LogP contribution in [0.1, 0.15) is 53.9 Å². The van der Waals surface area contributed by atoms with E-state index in [0.29, 0.717) is 31.7 Å². The van der Waals surface area contributed by atoms with E-state index in [1.54, 1.807) is 12.0 Å². The van der Waals surface area contributed by atoms with Gasteiger partial charge in [-0.15, -0.1) is 0 Å². The maximum absolute atomic E-state index is 12.8. The molecule has 0 aromatic heterocycles. The summed E-state index contributed by atoms with van der Waals surface area (Å²) in [5.41, 5.74) is -0.739. The Morgan fingerprint density at radius 3 is 2.24 bits per heavy atom. The second kappa shape index (κ2) is 7.25. The van der Waals surface area contributed by atoms with E-state index in [0.717, 1.165) is 0 Å². The number of amides is 2. The topological polar surface area (TPSA) is 58.6 Å². The van der Waals surface area contributed by atoms with E-state index in [2.05, 4.69) is 19.2 Å². The summed E-state index contributed by atoms with van der Waals surface area (Å²) < 4.78 is 5.31. The highest BCUT2D eigenvalue weighted by Gasteiger charge is 2.50. The van der Waals surface area contributed by atoms with E-state index in [9.17, 15) is 9.59 Å². The number of nitrogens with one attached hydrogen (secondary N) is 1. The van der Waals surface area contributed by atoms with Crippen LogP contribution in [0.25, 0.3) is 0 Å². The van der Waals surface area contributed by atoms with Gasteiger partial charge in [-0.3, -0.25) is 9.59 Å². The van der Waals surface area contributed by atoms with Gasteiger partial charge in [0.15, 0.2) is 0 Å². The lowest BCUT2D eigenvalue weighted by molar-refractivity contribution is -0.161. The monoisotopic (exact) mass is 298 g/mol. The first-order valence-electron chi connectivity index (χ1n) is 7.97. The van der Waals surface area contributed by atoms with Gasteiger partial charge in [-0.25, -0.2) is 0 Å². The summed E-state index contributed by atoms with van der Waals surface area (Å²) in [7, 11) is 1.63. The van der Waals surface area contributed by atoms with E-state index in [-0.39, 0.29) is 17.9 Å². The lowest BCUT2D eigenvalue weighted by atomic mass is 9.84. The van der Waals surface area contributed by atoms with Crippen LogP contribution >= 0.6 is 0 Å². The third-order valence-electron chi connectivity index (χ3n) is 4.53. The zero-order valence-corrected chi connectivity index (χ0v) is 14.2. The van der Waals surface area contributed by atoms with Crippen molar-refractivity contribution in [2.75, 3.05) is 13.7 Å². The molecule has 0 spiro atoms. The maximum Gasteiger partial charge on any atom is 0.246 e. The van der Waals surface area contributed by atoms with E-state index in [1.165, 1.54) is 0 Å². The molecule has 5 nitrogen and oxygen atoms in total. The summed E-state index contributed by atoms with van der Waals surface area (Å²) in [5, 5.41) is 2.94. The highest BCUT2D eigenvalue weighted by atomic mass is 16.5. The lowest BCUT2D eigenvalue weighted by Crippen LogP contribution is -2.71. The van der Waals surface area contributed by atoms with Gasteiger partial charge in [-0.05, 0) is 32.1 Å². The maximum atomic E-state index is 12.8. The summed E-state index contributed by atoms with van der Waals surface area (Å²) >= 11 is 0. The summed E-state index contributed by atoms with van der Waals surface area (Å²) in [6, 6.07) is -0.409. The minimum Gasteiger partial charge on any atom is -0.380 e. The Bertz CT molecular complexity index is 378. The Balaban J connectivity index is 3.10. The number of piperazine rings is 1. The molecule has 1 rings (SSSR count). The fourth-order valence-corrected chi connectivity index (χ4v) is 3.06. The van der Waals surface area contributed by atoms with Crippen molar-refractivity contribution in [3.63, 3.8) is 0 Å². The second-order valence-corrected chi connectivity index (χ2v) is 6.39. The molecule has 1 N–H and O–H groups in total. The SMILES string of the molecule is CCC1(CC)C(=O)NC(CC(C)C)C(=O)N1CC(C)OC. The predicted octanol–water partition coefficient (Wildman–Crippen LogP) is 1.95. The van der Waals surface area contributed by atoms with Crippen LogP contribution in [0.3, 0.4) is 0 Å². The molecule has 0 aromatic rings. The molecule has 2 unspecified atom stereocenters. The van der Waals surface area contributed by atoms with Gasteiger partial charge in [0.25, 0.3) is 0 Å². The average Bonchev–Trinajstić information content (AvgIpc) is 2.44. The zero-order chi connectivity index (χ0) is 16.2. The van der Waals surface area contributed by atoms with Gasteiger partial charge in [-0.2, -0.15) is 0 Å². The van der Waals surface area contributed by atoms with Crippen molar-refractivity contribution in [2.24, 2.45) is 5.92 Å². The Morgan fingerprint density at radius 1 is 1.24 bits per heavy atom. The first-order chi connectivity index (χ1) is 9.82. The second-order valence-electron chi connectivity index (χ2n) is 6.39. The van der Waals surface area contributed by atoms with E-state index in [4.69, 9.17) is 4.74 Å². The average molecular weight is 298 g/mol. The molecule has 1 heterocycles. The quantitative estimate of drug-likeness (QED) is 0.781. The Hall–Kier alpha value is -1.10. The molecule has 0 bridgehead atoms. The van der Waals surface area contributed by atoms with Crippen LogP contribution in [0, 0.1) is 5.92 Å². The van der Waals surface area contributed by atoms with Crippen molar-refractivity contribution >= 4 is 11.8 Å². The molecule has 1 saturated heterocycles. The fourth-order valence-electron chi connectivity index (χ4n) is 3.06. The summed E-state index contributed by atoms with van der Waals surface area (Å²) in [4.78, 5) is 27.3. The summed E-state index contributed by atoms with van der Waals surface area (Å²) in [6.45, 7) is 10.4. The highest BCUT2D eigenvalue weighted by molar-refractivity contribution is 5.99. The molecule has 0 radical (unpaired) electrons. The van der Waals surface area contributed by atoms with Crippen molar-refractivity contribution in [3.8, 4) is 0 Å². The zero-order valence-electron chi connectivity index (χ0n) is 14.2. The Labute approximate surface area is 128 Å². The molecule has 0 saturated carbocycles. The molecule has 0 aromatic carbocycles. The highest BCUT2D eigenvalue weighted by Crippen LogP contribution is 2.30. The molecule has 5 heteroatoms. The van der Waals surface area contributed by atoms with E-state index in [1.807, 2.05) is 20.8 Å². The first-order valence-corrected chi connectivity index (χ1v) is 7.97. The number of rotatable bonds is 7. The van der Waals surface area contributed by atoms with Crippen LogP contribution in [-0.2, 0) is 14.3 Å². The summed E-state index contributed by atoms with van der Waals surface area (Å²) in [6.07, 6.45) is 1.82. The molecule has 2 atom stereocenters. The number of nitrogens with zero attached hydrogens (tertiary/aromatic N) is 1. The third kappa shape index (κ3) is 3.57. The van der Waals surface area contributed by atoms with Crippen LogP contribution in [0.2, 0.25) is 0 Å². The van der Waals surface area contributed by atoms with Gasteiger partial charge in [0.1, 0.15) is 11.6 Å². The van der Waals surface area contributed by atoms with Crippen molar-refractivity contribution < 1.29 is 14.3 Å². The number of hydrogen-bond acceptors (Lipinski definition) is 3. The molecule has 122 valence electrons. The summed E-state index contributed by atoms with van der Waals surface area (Å²) in [5.74, 6) is 0.355. The van der Waals surface area contributed by atoms with Crippen molar-refractivity contribution in [1.29, 1.82) is 0 Å². The molecule has 0 aliphatic carbocycles. The Kier molecular flexibility index (Phi) is 6.20. The largest absolute Gasteiger partial charge is 0.380 e. The van der Waals surface area contributed by atoms with Crippen LogP contribution < -0.4 is 5.32 Å². The Morgan fingerprint density at radius 2 is 1.81 bits per heavy atom. The number of methoxy groups -OCH3 is 1. The van der Waals surface area contributed by atoms with Crippen LogP contribution in [0.4, 0.5) is 0 Å². The van der Waals surface area contributed by atoms with Gasteiger partial charge < -0.3 is 15.0 Å². The normalized spacial score (nSPS) is 23.4. The molecule has 1 fully saturated rings. The van der Waals surface area contributed by atoms with Gasteiger partial charge in [0.2, 0.25) is 11.8 Å². The first kappa shape index (κ1) is 18.0. The van der Waals surface area contributed by atoms with E-state index >= 15 is 0 Å². The van der Waals surface area contributed by atoms with Gasteiger partial charge >= 0.3 is 0 Å². The smallest absolute Gasteiger partial charge is 0.246 e. The van der Waals surface area contributed by atoms with Crippen molar-refractivity contribution in [3.05, 3.63) is 0 Å². The number of carbonyl (C=O) groups excluding carboxylic acids is 2. The lowest BCUT2D eigenvalue weighted by Gasteiger charge is -2.48. The molecule has 21 heavy (non-hydrogen) atoms. The van der Waals surface area contributed by atoms with Crippen LogP contribution in [0.5, 0.6) is 0 Å². The van der Waals surface area contributed by atoms with Crippen molar-refractivity contribution in [1.82, 2.24) is 10.2 Å². The van der Waals surface area contributed by atoms with Crippen LogP contribution in [-0.4, -0.2) is 48.1 Å². The number of ether oxygens (including phenoxy) is 1. The molecular weight excluding hydrogens is 268 g/mol. The molecule has 2 amide bonds. The van der Waals surface area contributed by atoms with Crippen molar-refractivity contribution in [2.45, 2.75) is 71.6 Å². The number of carbonyl (C=O) groups is 2. The third-order valence-corrected chi connectivity index (χ3v) is 4.53. The molecular formula is C16H30N2O3. The van der Waals surface area contributed by atoms with Crippen LogP contribution in [0.15, 0.2) is 0 Å². The fraction of sp³-hybridized carbons (Fsp3) is 0.875. The minimum atomic E-state index is -0.739. The van der Waals surface area contributed by atoms with E-state index < -0.39 is 11.6 Å². The minimum absolute atomic E-state index is 0.0240. The molecule has 1 aliphatic heterocycles. The van der Waals surface area contributed by atoms with Gasteiger partial charge in [0, 0.05) is 13.7 Å². The molecule has 1 aliphatic rings. The van der Waals surface area contributed by atoms with Gasteiger partial charge in [-0.1, -0.05) is 27.7 Å². The predicted molar refractivity (Wildman–Crippen MR) is 82.9 cm³/mol. The standard InChI is InChI=1S/C16H30N2O3/c1-7-16(8-2)15(20)17-13(9-11(3)4)14(19)18(16)10-12(5)21-6/h11-13H,7-10H2,1-6H3,(H,17,20).